The molecule has 10 heteroatoms. The lowest BCUT2D eigenvalue weighted by Crippen LogP contribution is -2.52. The number of carbonyl (C=O) groups is 2. The number of halogens is 1. The molecule has 186 valence electrons. The van der Waals surface area contributed by atoms with Crippen molar-refractivity contribution >= 4 is 39.1 Å². The number of sulfonamides is 1. The third-order valence-electron chi connectivity index (χ3n) is 5.01. The number of anilines is 1. The molecule has 0 fully saturated rings. The molecule has 2 aromatic rings. The van der Waals surface area contributed by atoms with Crippen LogP contribution in [0.1, 0.15) is 33.3 Å². The molecule has 0 spiro atoms. The minimum absolute atomic E-state index is 0.0376. The predicted octanol–water partition coefficient (Wildman–Crippen LogP) is 3.45. The monoisotopic (exact) mass is 509 g/mol. The molecule has 0 aliphatic carbocycles. The first kappa shape index (κ1) is 27.5. The molecule has 2 aromatic carbocycles. The Balaban J connectivity index is 2.45. The van der Waals surface area contributed by atoms with Crippen molar-refractivity contribution in [1.82, 2.24) is 10.2 Å². The maximum absolute atomic E-state index is 13.5. The number of nitrogens with one attached hydrogen (secondary N) is 1. The summed E-state index contributed by atoms with van der Waals surface area (Å²) < 4.78 is 32.0. The van der Waals surface area contributed by atoms with Gasteiger partial charge in [0.25, 0.3) is 0 Å². The molecular weight excluding hydrogens is 478 g/mol. The summed E-state index contributed by atoms with van der Waals surface area (Å²) in [6, 6.07) is 12.6. The number of nitrogens with zero attached hydrogens (tertiary/aromatic N) is 2. The van der Waals surface area contributed by atoms with Crippen LogP contribution in [0.15, 0.2) is 48.5 Å². The molecule has 0 saturated heterocycles. The summed E-state index contributed by atoms with van der Waals surface area (Å²) in [4.78, 5) is 27.7. The Morgan fingerprint density at radius 3 is 2.26 bits per heavy atom. The van der Waals surface area contributed by atoms with Crippen molar-refractivity contribution in [2.24, 2.45) is 0 Å². The summed E-state index contributed by atoms with van der Waals surface area (Å²) in [7, 11) is -3.85. The summed E-state index contributed by atoms with van der Waals surface area (Å²) >= 11 is 6.31. The van der Waals surface area contributed by atoms with Crippen LogP contribution in [-0.2, 0) is 26.2 Å². The van der Waals surface area contributed by atoms with Crippen molar-refractivity contribution < 1.29 is 22.7 Å². The summed E-state index contributed by atoms with van der Waals surface area (Å²) in [5.74, 6) is -0.564. The van der Waals surface area contributed by atoms with Crippen LogP contribution >= 0.6 is 11.6 Å². The molecule has 2 amide bonds. The van der Waals surface area contributed by atoms with Crippen molar-refractivity contribution in [2.45, 2.75) is 46.3 Å². The second kappa shape index (κ2) is 12.1. The molecule has 8 nitrogen and oxygen atoms in total. The average molecular weight is 510 g/mol. The Bertz CT molecular complexity index is 1110. The van der Waals surface area contributed by atoms with Gasteiger partial charge in [-0.2, -0.15) is 0 Å². The van der Waals surface area contributed by atoms with Gasteiger partial charge in [0.2, 0.25) is 21.8 Å². The van der Waals surface area contributed by atoms with E-state index in [2.05, 4.69) is 5.32 Å². The predicted molar refractivity (Wildman–Crippen MR) is 135 cm³/mol. The van der Waals surface area contributed by atoms with Gasteiger partial charge in [0.15, 0.2) is 0 Å². The number of amides is 2. The van der Waals surface area contributed by atoms with E-state index in [9.17, 15) is 18.0 Å². The lowest BCUT2D eigenvalue weighted by atomic mass is 10.1. The van der Waals surface area contributed by atoms with E-state index in [1.54, 1.807) is 62.4 Å². The summed E-state index contributed by atoms with van der Waals surface area (Å²) in [6.07, 6.45) is 1.02. The van der Waals surface area contributed by atoms with E-state index in [0.29, 0.717) is 22.9 Å². The van der Waals surface area contributed by atoms with Crippen LogP contribution in [0.2, 0.25) is 5.02 Å². The molecule has 1 unspecified atom stereocenters. The summed E-state index contributed by atoms with van der Waals surface area (Å²) in [5, 5.41) is 3.24. The second-order valence-electron chi connectivity index (χ2n) is 8.12. The fourth-order valence-corrected chi connectivity index (χ4v) is 4.38. The van der Waals surface area contributed by atoms with E-state index in [1.165, 1.54) is 4.90 Å². The van der Waals surface area contributed by atoms with E-state index in [4.69, 9.17) is 16.3 Å². The molecular formula is C24H32ClN3O5S. The first-order valence-electron chi connectivity index (χ1n) is 11.0. The number of carbonyl (C=O) groups excluding carboxylic acids is 2. The van der Waals surface area contributed by atoms with Crippen molar-refractivity contribution in [3.8, 4) is 5.75 Å². The van der Waals surface area contributed by atoms with Crippen LogP contribution in [-0.4, -0.2) is 56.6 Å². The summed E-state index contributed by atoms with van der Waals surface area (Å²) in [5.41, 5.74) is 0.888. The standard InChI is InChI=1S/C24H32ClN3O5S/c1-6-33-22-14-10-9-13-21(22)28(34(5,31)32)16-23(29)27(18(4)24(30)26-17(2)3)15-19-11-7-8-12-20(19)25/h7-14,17-18H,6,15-16H2,1-5H3,(H,26,30). The number of benzene rings is 2. The van der Waals surface area contributed by atoms with Crippen LogP contribution in [0.3, 0.4) is 0 Å². The maximum Gasteiger partial charge on any atom is 0.244 e. The van der Waals surface area contributed by atoms with Gasteiger partial charge in [-0.25, -0.2) is 8.42 Å². The van der Waals surface area contributed by atoms with Crippen LogP contribution in [0.4, 0.5) is 5.69 Å². The minimum atomic E-state index is -3.85. The molecule has 0 saturated carbocycles. The first-order valence-corrected chi connectivity index (χ1v) is 13.2. The quantitative estimate of drug-likeness (QED) is 0.500. The molecule has 2 rings (SSSR count). The average Bonchev–Trinajstić information content (AvgIpc) is 2.76. The van der Waals surface area contributed by atoms with Gasteiger partial charge in [-0.15, -0.1) is 0 Å². The largest absolute Gasteiger partial charge is 0.492 e. The van der Waals surface area contributed by atoms with Crippen molar-refractivity contribution in [3.05, 3.63) is 59.1 Å². The highest BCUT2D eigenvalue weighted by atomic mass is 35.5. The second-order valence-corrected chi connectivity index (χ2v) is 10.4. The highest BCUT2D eigenvalue weighted by Gasteiger charge is 2.31. The zero-order valence-electron chi connectivity index (χ0n) is 20.1. The normalized spacial score (nSPS) is 12.2. The van der Waals surface area contributed by atoms with Crippen molar-refractivity contribution in [3.63, 3.8) is 0 Å². The van der Waals surface area contributed by atoms with E-state index < -0.39 is 28.5 Å². The van der Waals surface area contributed by atoms with Crippen molar-refractivity contribution in [2.75, 3.05) is 23.7 Å². The Labute approximate surface area is 206 Å². The first-order chi connectivity index (χ1) is 16.0. The van der Waals surface area contributed by atoms with E-state index in [0.717, 1.165) is 10.6 Å². The molecule has 0 aromatic heterocycles. The van der Waals surface area contributed by atoms with E-state index in [1.807, 2.05) is 13.8 Å². The smallest absolute Gasteiger partial charge is 0.244 e. The maximum atomic E-state index is 13.5. The molecule has 0 radical (unpaired) electrons. The molecule has 34 heavy (non-hydrogen) atoms. The zero-order chi connectivity index (χ0) is 25.5. The van der Waals surface area contributed by atoms with Gasteiger partial charge in [0.1, 0.15) is 18.3 Å². The summed E-state index contributed by atoms with van der Waals surface area (Å²) in [6.45, 7) is 6.89. The van der Waals surface area contributed by atoms with Crippen LogP contribution in [0.25, 0.3) is 0 Å². The number of para-hydroxylation sites is 2. The van der Waals surface area contributed by atoms with Gasteiger partial charge in [-0.3, -0.25) is 13.9 Å². The third kappa shape index (κ3) is 7.36. The number of ether oxygens (including phenoxy) is 1. The van der Waals surface area contributed by atoms with Gasteiger partial charge < -0.3 is 15.0 Å². The Hall–Kier alpha value is -2.78. The number of hydrogen-bond donors (Lipinski definition) is 1. The van der Waals surface area contributed by atoms with Gasteiger partial charge in [0.05, 0.1) is 18.6 Å². The fraction of sp³-hybridized carbons (Fsp3) is 0.417. The Morgan fingerprint density at radius 2 is 1.68 bits per heavy atom. The lowest BCUT2D eigenvalue weighted by Gasteiger charge is -2.32. The van der Waals surface area contributed by atoms with Crippen LogP contribution < -0.4 is 14.4 Å². The van der Waals surface area contributed by atoms with E-state index in [-0.39, 0.29) is 24.2 Å². The van der Waals surface area contributed by atoms with Crippen LogP contribution in [0.5, 0.6) is 5.75 Å². The van der Waals surface area contributed by atoms with Gasteiger partial charge in [-0.1, -0.05) is 41.9 Å². The molecule has 0 bridgehead atoms. The topological polar surface area (TPSA) is 96.0 Å². The molecule has 1 atom stereocenters. The fourth-order valence-electron chi connectivity index (χ4n) is 3.33. The number of hydrogen-bond acceptors (Lipinski definition) is 5. The Kier molecular flexibility index (Phi) is 9.76. The molecule has 1 N–H and O–H groups in total. The van der Waals surface area contributed by atoms with Gasteiger partial charge in [-0.05, 0) is 51.5 Å². The molecule has 0 heterocycles. The zero-order valence-corrected chi connectivity index (χ0v) is 21.7. The highest BCUT2D eigenvalue weighted by Crippen LogP contribution is 2.30. The van der Waals surface area contributed by atoms with Crippen molar-refractivity contribution in [1.29, 1.82) is 0 Å². The van der Waals surface area contributed by atoms with Gasteiger partial charge >= 0.3 is 0 Å². The molecule has 0 aliphatic heterocycles. The minimum Gasteiger partial charge on any atom is -0.492 e. The lowest BCUT2D eigenvalue weighted by molar-refractivity contribution is -0.139. The van der Waals surface area contributed by atoms with Crippen LogP contribution in [0, 0.1) is 0 Å². The molecule has 0 aliphatic rings. The Morgan fingerprint density at radius 1 is 1.06 bits per heavy atom. The van der Waals surface area contributed by atoms with Gasteiger partial charge in [0, 0.05) is 17.6 Å². The highest BCUT2D eigenvalue weighted by molar-refractivity contribution is 7.92. The third-order valence-corrected chi connectivity index (χ3v) is 6.50. The number of rotatable bonds is 11. The van der Waals surface area contributed by atoms with E-state index >= 15 is 0 Å². The SMILES string of the molecule is CCOc1ccccc1N(CC(=O)N(Cc1ccccc1Cl)C(C)C(=O)NC(C)C)S(C)(=O)=O.